The van der Waals surface area contributed by atoms with Crippen molar-refractivity contribution in [3.63, 3.8) is 0 Å². The van der Waals surface area contributed by atoms with E-state index in [1.54, 1.807) is 5.01 Å². The minimum atomic E-state index is -0.351. The van der Waals surface area contributed by atoms with Crippen LogP contribution in [0.2, 0.25) is 0 Å². The molecule has 0 spiro atoms. The van der Waals surface area contributed by atoms with E-state index in [2.05, 4.69) is 43.2 Å². The molecule has 0 radical (unpaired) electrons. The number of amides is 1. The van der Waals surface area contributed by atoms with E-state index in [0.717, 1.165) is 24.0 Å². The fourth-order valence-corrected chi connectivity index (χ4v) is 5.16. The first-order valence-electron chi connectivity index (χ1n) is 9.00. The third-order valence-electron chi connectivity index (χ3n) is 6.64. The average Bonchev–Trinajstić information content (AvgIpc) is 3.25. The molecule has 2 aliphatic carbocycles. The van der Waals surface area contributed by atoms with Crippen LogP contribution in [0.4, 0.5) is 0 Å². The molecule has 4 unspecified atom stereocenters. The molecule has 122 valence electrons. The van der Waals surface area contributed by atoms with Crippen LogP contribution in [0.15, 0.2) is 35.4 Å². The number of nitrogens with zero attached hydrogens (tertiary/aromatic N) is 2. The van der Waals surface area contributed by atoms with E-state index < -0.39 is 0 Å². The topological polar surface area (TPSA) is 32.7 Å². The van der Waals surface area contributed by atoms with E-state index in [4.69, 9.17) is 0 Å². The molecule has 1 aromatic carbocycles. The first-order valence-corrected chi connectivity index (χ1v) is 9.00. The van der Waals surface area contributed by atoms with Crippen LogP contribution in [0.1, 0.15) is 45.1 Å². The maximum absolute atomic E-state index is 13.1. The van der Waals surface area contributed by atoms with Crippen molar-refractivity contribution in [2.75, 3.05) is 6.54 Å². The maximum Gasteiger partial charge on any atom is 0.254 e. The van der Waals surface area contributed by atoms with Crippen LogP contribution in [0.5, 0.6) is 0 Å². The number of hydrogen-bond acceptors (Lipinski definition) is 2. The van der Waals surface area contributed by atoms with Gasteiger partial charge in [0.05, 0.1) is 11.1 Å². The monoisotopic (exact) mass is 310 g/mol. The highest BCUT2D eigenvalue weighted by atomic mass is 16.2. The van der Waals surface area contributed by atoms with Crippen LogP contribution in [-0.4, -0.2) is 23.2 Å². The standard InChI is InChI=1S/C20H26N2O/c1-14-20(2,18-13-16-8-9-17(18)12-16)19(23)22(21-14)11-10-15-6-4-3-5-7-15/h3-7,16-18H,8-13H2,1-2H3. The molecule has 2 bridgehead atoms. The third kappa shape index (κ3) is 2.32. The fourth-order valence-electron chi connectivity index (χ4n) is 5.16. The first kappa shape index (κ1) is 14.9. The van der Waals surface area contributed by atoms with Crippen molar-refractivity contribution in [1.29, 1.82) is 0 Å². The molecule has 1 aromatic rings. The Morgan fingerprint density at radius 3 is 2.65 bits per heavy atom. The van der Waals surface area contributed by atoms with Crippen LogP contribution >= 0.6 is 0 Å². The summed E-state index contributed by atoms with van der Waals surface area (Å²) in [4.78, 5) is 13.1. The average molecular weight is 310 g/mol. The van der Waals surface area contributed by atoms with E-state index in [-0.39, 0.29) is 11.3 Å². The smallest absolute Gasteiger partial charge is 0.254 e. The van der Waals surface area contributed by atoms with Crippen LogP contribution in [0.3, 0.4) is 0 Å². The van der Waals surface area contributed by atoms with Crippen molar-refractivity contribution in [2.45, 2.75) is 46.0 Å². The molecule has 1 heterocycles. The second-order valence-electron chi connectivity index (χ2n) is 7.83. The Morgan fingerprint density at radius 1 is 1.22 bits per heavy atom. The predicted molar refractivity (Wildman–Crippen MR) is 92.0 cm³/mol. The van der Waals surface area contributed by atoms with Gasteiger partial charge in [0.1, 0.15) is 0 Å². The quantitative estimate of drug-likeness (QED) is 0.830. The Bertz CT molecular complexity index is 638. The number of hydrogen-bond donors (Lipinski definition) is 0. The van der Waals surface area contributed by atoms with Gasteiger partial charge in [-0.25, -0.2) is 5.01 Å². The summed E-state index contributed by atoms with van der Waals surface area (Å²) in [6, 6.07) is 10.4. The lowest BCUT2D eigenvalue weighted by Crippen LogP contribution is -2.44. The van der Waals surface area contributed by atoms with Crippen molar-refractivity contribution in [2.24, 2.45) is 28.3 Å². The van der Waals surface area contributed by atoms with Crippen LogP contribution in [-0.2, 0) is 11.2 Å². The molecule has 2 fully saturated rings. The second-order valence-corrected chi connectivity index (χ2v) is 7.83. The lowest BCUT2D eigenvalue weighted by atomic mass is 9.66. The van der Waals surface area contributed by atoms with E-state index in [0.29, 0.717) is 12.5 Å². The minimum absolute atomic E-state index is 0.239. The zero-order valence-electron chi connectivity index (χ0n) is 14.2. The lowest BCUT2D eigenvalue weighted by molar-refractivity contribution is -0.138. The molecule has 4 atom stereocenters. The van der Waals surface area contributed by atoms with Gasteiger partial charge in [-0.05, 0) is 62.8 Å². The van der Waals surface area contributed by atoms with E-state index in [9.17, 15) is 4.79 Å². The SMILES string of the molecule is CC1=NN(CCc2ccccc2)C(=O)C1(C)C1CC2CCC1C2. The predicted octanol–water partition coefficient (Wildman–Crippen LogP) is 3.89. The molecule has 1 amide bonds. The summed E-state index contributed by atoms with van der Waals surface area (Å²) >= 11 is 0. The molecule has 3 nitrogen and oxygen atoms in total. The number of hydrazone groups is 1. The van der Waals surface area contributed by atoms with E-state index in [1.807, 2.05) is 6.07 Å². The highest BCUT2D eigenvalue weighted by Crippen LogP contribution is 2.56. The highest BCUT2D eigenvalue weighted by Gasteiger charge is 2.56. The van der Waals surface area contributed by atoms with Crippen LogP contribution < -0.4 is 0 Å². The Hall–Kier alpha value is -1.64. The normalized spacial score (nSPS) is 35.9. The van der Waals surface area contributed by atoms with Crippen molar-refractivity contribution in [1.82, 2.24) is 5.01 Å². The van der Waals surface area contributed by atoms with Gasteiger partial charge >= 0.3 is 0 Å². The van der Waals surface area contributed by atoms with E-state index >= 15 is 0 Å². The van der Waals surface area contributed by atoms with Gasteiger partial charge in [0.15, 0.2) is 0 Å². The van der Waals surface area contributed by atoms with Gasteiger partial charge in [-0.1, -0.05) is 36.8 Å². The maximum atomic E-state index is 13.1. The Labute approximate surface area is 138 Å². The Morgan fingerprint density at radius 2 is 2.00 bits per heavy atom. The van der Waals surface area contributed by atoms with Gasteiger partial charge in [0.2, 0.25) is 0 Å². The molecular weight excluding hydrogens is 284 g/mol. The zero-order valence-corrected chi connectivity index (χ0v) is 14.2. The largest absolute Gasteiger partial charge is 0.272 e. The molecular formula is C20H26N2O. The molecule has 2 saturated carbocycles. The summed E-state index contributed by atoms with van der Waals surface area (Å²) in [5.41, 5.74) is 1.95. The number of carbonyl (C=O) groups excluding carboxylic acids is 1. The zero-order chi connectivity index (χ0) is 16.0. The Balaban J connectivity index is 1.49. The summed E-state index contributed by atoms with van der Waals surface area (Å²) in [7, 11) is 0. The minimum Gasteiger partial charge on any atom is -0.272 e. The molecule has 3 aliphatic rings. The van der Waals surface area contributed by atoms with Crippen LogP contribution in [0, 0.1) is 23.2 Å². The lowest BCUT2D eigenvalue weighted by Gasteiger charge is -2.35. The molecule has 1 aliphatic heterocycles. The summed E-state index contributed by atoms with van der Waals surface area (Å²) in [6.45, 7) is 4.91. The number of benzene rings is 1. The second kappa shape index (κ2) is 5.47. The van der Waals surface area contributed by atoms with Gasteiger partial charge in [0.25, 0.3) is 5.91 Å². The first-order chi connectivity index (χ1) is 11.1. The van der Waals surface area contributed by atoms with Crippen molar-refractivity contribution in [3.05, 3.63) is 35.9 Å². The molecule has 3 heteroatoms. The van der Waals surface area contributed by atoms with Crippen molar-refractivity contribution >= 4 is 11.6 Å². The Kier molecular flexibility index (Phi) is 3.55. The van der Waals surface area contributed by atoms with Crippen molar-refractivity contribution < 1.29 is 4.79 Å². The van der Waals surface area contributed by atoms with Gasteiger partial charge in [0, 0.05) is 6.54 Å². The fraction of sp³-hybridized carbons (Fsp3) is 0.600. The summed E-state index contributed by atoms with van der Waals surface area (Å²) in [5.74, 6) is 2.36. The van der Waals surface area contributed by atoms with Gasteiger partial charge in [-0.3, -0.25) is 4.79 Å². The van der Waals surface area contributed by atoms with E-state index in [1.165, 1.54) is 31.2 Å². The number of rotatable bonds is 4. The molecule has 0 N–H and O–H groups in total. The van der Waals surface area contributed by atoms with Crippen LogP contribution in [0.25, 0.3) is 0 Å². The highest BCUT2D eigenvalue weighted by molar-refractivity contribution is 6.11. The molecule has 23 heavy (non-hydrogen) atoms. The molecule has 0 saturated heterocycles. The molecule has 4 rings (SSSR count). The van der Waals surface area contributed by atoms with Gasteiger partial charge < -0.3 is 0 Å². The molecule has 0 aromatic heterocycles. The number of fused-ring (bicyclic) bond motifs is 2. The summed E-state index contributed by atoms with van der Waals surface area (Å²) in [6.07, 6.45) is 6.13. The number of carbonyl (C=O) groups is 1. The summed E-state index contributed by atoms with van der Waals surface area (Å²) < 4.78 is 0. The van der Waals surface area contributed by atoms with Gasteiger partial charge in [-0.2, -0.15) is 5.10 Å². The van der Waals surface area contributed by atoms with Gasteiger partial charge in [-0.15, -0.1) is 0 Å². The summed E-state index contributed by atoms with van der Waals surface area (Å²) in [5, 5.41) is 6.41. The van der Waals surface area contributed by atoms with Crippen molar-refractivity contribution in [3.8, 4) is 0 Å². The third-order valence-corrected chi connectivity index (χ3v) is 6.64.